The molecule has 1 N–H and O–H groups in total. The molecule has 0 aromatic carbocycles. The molecular formula is C12H14N2O5S. The van der Waals surface area contributed by atoms with E-state index in [0.29, 0.717) is 0 Å². The maximum absolute atomic E-state index is 12.3. The maximum atomic E-state index is 12.3. The van der Waals surface area contributed by atoms with Crippen LogP contribution < -0.4 is 0 Å². The van der Waals surface area contributed by atoms with Crippen molar-refractivity contribution in [3.05, 3.63) is 29.6 Å². The van der Waals surface area contributed by atoms with Gasteiger partial charge >= 0.3 is 5.97 Å². The molecule has 2 rings (SSSR count). The number of hydrogen-bond donors (Lipinski definition) is 1. The van der Waals surface area contributed by atoms with Crippen LogP contribution in [0.2, 0.25) is 0 Å². The third kappa shape index (κ3) is 2.96. The minimum atomic E-state index is -3.11. The van der Waals surface area contributed by atoms with E-state index in [1.807, 2.05) is 0 Å². The van der Waals surface area contributed by atoms with Gasteiger partial charge in [-0.15, -0.1) is 0 Å². The number of aromatic carboxylic acids is 1. The molecule has 1 aliphatic rings. The average Bonchev–Trinajstić information content (AvgIpc) is 2.37. The van der Waals surface area contributed by atoms with Crippen LogP contribution in [0.4, 0.5) is 0 Å². The zero-order chi connectivity index (χ0) is 14.9. The Morgan fingerprint density at radius 1 is 1.35 bits per heavy atom. The molecule has 20 heavy (non-hydrogen) atoms. The fourth-order valence-corrected chi connectivity index (χ4v) is 3.68. The third-order valence-corrected chi connectivity index (χ3v) is 4.91. The topological polar surface area (TPSA) is 105 Å². The van der Waals surface area contributed by atoms with Crippen molar-refractivity contribution < 1.29 is 23.1 Å². The van der Waals surface area contributed by atoms with Crippen LogP contribution in [0.5, 0.6) is 0 Å². The number of carbonyl (C=O) groups is 2. The van der Waals surface area contributed by atoms with Crippen molar-refractivity contribution in [1.82, 2.24) is 9.88 Å². The van der Waals surface area contributed by atoms with Crippen LogP contribution in [-0.2, 0) is 9.84 Å². The van der Waals surface area contributed by atoms with Crippen molar-refractivity contribution in [2.45, 2.75) is 13.0 Å². The summed E-state index contributed by atoms with van der Waals surface area (Å²) in [4.78, 5) is 28.3. The van der Waals surface area contributed by atoms with Crippen molar-refractivity contribution in [3.8, 4) is 0 Å². The SMILES string of the molecule is CC1CS(=O)(=O)CCN1C(=O)c1cccc(C(=O)O)n1. The molecule has 1 atom stereocenters. The Kier molecular flexibility index (Phi) is 3.76. The summed E-state index contributed by atoms with van der Waals surface area (Å²) in [6, 6.07) is 3.71. The van der Waals surface area contributed by atoms with E-state index in [1.165, 1.54) is 23.1 Å². The Bertz CT molecular complexity index is 656. The predicted octanol–water partition coefficient (Wildman–Crippen LogP) is 0.0389. The van der Waals surface area contributed by atoms with Gasteiger partial charge in [0.1, 0.15) is 11.4 Å². The quantitative estimate of drug-likeness (QED) is 0.826. The second-order valence-corrected chi connectivity index (χ2v) is 6.90. The number of hydrogen-bond acceptors (Lipinski definition) is 5. The Balaban J connectivity index is 2.24. The van der Waals surface area contributed by atoms with Crippen LogP contribution in [0.25, 0.3) is 0 Å². The Morgan fingerprint density at radius 2 is 2.00 bits per heavy atom. The molecule has 0 radical (unpaired) electrons. The first kappa shape index (κ1) is 14.4. The molecular weight excluding hydrogens is 284 g/mol. The van der Waals surface area contributed by atoms with E-state index in [9.17, 15) is 18.0 Å². The van der Waals surface area contributed by atoms with Gasteiger partial charge in [0, 0.05) is 12.6 Å². The monoisotopic (exact) mass is 298 g/mol. The van der Waals surface area contributed by atoms with Gasteiger partial charge < -0.3 is 10.0 Å². The largest absolute Gasteiger partial charge is 0.477 e. The first-order valence-corrected chi connectivity index (χ1v) is 7.84. The van der Waals surface area contributed by atoms with Crippen LogP contribution in [0, 0.1) is 0 Å². The zero-order valence-corrected chi connectivity index (χ0v) is 11.6. The summed E-state index contributed by atoms with van der Waals surface area (Å²) in [7, 11) is -3.11. The fourth-order valence-electron chi connectivity index (χ4n) is 2.12. The highest BCUT2D eigenvalue weighted by molar-refractivity contribution is 7.91. The van der Waals surface area contributed by atoms with Gasteiger partial charge in [-0.2, -0.15) is 0 Å². The maximum Gasteiger partial charge on any atom is 0.354 e. The van der Waals surface area contributed by atoms with Gasteiger partial charge in [-0.3, -0.25) is 4.79 Å². The lowest BCUT2D eigenvalue weighted by atomic mass is 10.2. The molecule has 0 saturated carbocycles. The van der Waals surface area contributed by atoms with Gasteiger partial charge in [-0.1, -0.05) is 6.07 Å². The van der Waals surface area contributed by atoms with Gasteiger partial charge in [0.05, 0.1) is 11.5 Å². The van der Waals surface area contributed by atoms with Gasteiger partial charge in [-0.25, -0.2) is 18.2 Å². The summed E-state index contributed by atoms with van der Waals surface area (Å²) in [5.74, 6) is -1.83. The molecule has 1 aromatic heterocycles. The van der Waals surface area contributed by atoms with Crippen LogP contribution in [0.15, 0.2) is 18.2 Å². The smallest absolute Gasteiger partial charge is 0.354 e. The van der Waals surface area contributed by atoms with E-state index in [1.54, 1.807) is 6.92 Å². The second-order valence-electron chi connectivity index (χ2n) is 4.68. The average molecular weight is 298 g/mol. The summed E-state index contributed by atoms with van der Waals surface area (Å²) in [6.07, 6.45) is 0. The van der Waals surface area contributed by atoms with Gasteiger partial charge in [-0.05, 0) is 19.1 Å². The molecule has 8 heteroatoms. The first-order valence-electron chi connectivity index (χ1n) is 6.02. The summed E-state index contributed by atoms with van der Waals surface area (Å²) in [5.41, 5.74) is -0.204. The third-order valence-electron chi connectivity index (χ3n) is 3.12. The van der Waals surface area contributed by atoms with E-state index in [2.05, 4.69) is 4.98 Å². The Morgan fingerprint density at radius 3 is 2.60 bits per heavy atom. The Labute approximate surface area is 116 Å². The van der Waals surface area contributed by atoms with Crippen molar-refractivity contribution in [2.24, 2.45) is 0 Å². The van der Waals surface area contributed by atoms with E-state index < -0.39 is 27.8 Å². The summed E-state index contributed by atoms with van der Waals surface area (Å²) >= 11 is 0. The minimum Gasteiger partial charge on any atom is -0.477 e. The van der Waals surface area contributed by atoms with Crippen LogP contribution in [0.1, 0.15) is 27.9 Å². The molecule has 0 bridgehead atoms. The number of sulfone groups is 1. The van der Waals surface area contributed by atoms with Crippen molar-refractivity contribution in [1.29, 1.82) is 0 Å². The molecule has 1 aromatic rings. The van der Waals surface area contributed by atoms with Gasteiger partial charge in [0.25, 0.3) is 5.91 Å². The molecule has 0 spiro atoms. The number of carbonyl (C=O) groups excluding carboxylic acids is 1. The lowest BCUT2D eigenvalue weighted by molar-refractivity contribution is 0.0688. The highest BCUT2D eigenvalue weighted by Crippen LogP contribution is 2.14. The van der Waals surface area contributed by atoms with E-state index in [4.69, 9.17) is 5.11 Å². The lowest BCUT2D eigenvalue weighted by Crippen LogP contribution is -2.50. The number of amides is 1. The van der Waals surface area contributed by atoms with Gasteiger partial charge in [0.15, 0.2) is 9.84 Å². The number of rotatable bonds is 2. The van der Waals surface area contributed by atoms with Crippen molar-refractivity contribution in [3.63, 3.8) is 0 Å². The van der Waals surface area contributed by atoms with E-state index in [0.717, 1.165) is 0 Å². The fraction of sp³-hybridized carbons (Fsp3) is 0.417. The molecule has 1 fully saturated rings. The summed E-state index contributed by atoms with van der Waals surface area (Å²) < 4.78 is 23.0. The van der Waals surface area contributed by atoms with Crippen molar-refractivity contribution in [2.75, 3.05) is 18.1 Å². The molecule has 108 valence electrons. The standard InChI is InChI=1S/C12H14N2O5S/c1-8-7-20(18,19)6-5-14(8)11(15)9-3-2-4-10(13-9)12(16)17/h2-4,8H,5-7H2,1H3,(H,16,17). The highest BCUT2D eigenvalue weighted by atomic mass is 32.2. The van der Waals surface area contributed by atoms with E-state index >= 15 is 0 Å². The Hall–Kier alpha value is -1.96. The van der Waals surface area contributed by atoms with Crippen LogP contribution >= 0.6 is 0 Å². The number of carboxylic acids is 1. The van der Waals surface area contributed by atoms with Crippen LogP contribution in [-0.4, -0.2) is 59.4 Å². The lowest BCUT2D eigenvalue weighted by Gasteiger charge is -2.32. The molecule has 2 heterocycles. The second kappa shape index (κ2) is 5.20. The first-order chi connectivity index (χ1) is 9.30. The van der Waals surface area contributed by atoms with Gasteiger partial charge in [0.2, 0.25) is 0 Å². The minimum absolute atomic E-state index is 0.0102. The number of carboxylic acid groups (broad SMARTS) is 1. The zero-order valence-electron chi connectivity index (χ0n) is 10.8. The molecule has 0 aliphatic carbocycles. The number of pyridine rings is 1. The normalized spacial score (nSPS) is 21.4. The molecule has 7 nitrogen and oxygen atoms in total. The number of aromatic nitrogens is 1. The molecule has 1 aliphatic heterocycles. The summed E-state index contributed by atoms with van der Waals surface area (Å²) in [5, 5.41) is 8.86. The number of nitrogens with zero attached hydrogens (tertiary/aromatic N) is 2. The summed E-state index contributed by atoms with van der Waals surface area (Å²) in [6.45, 7) is 1.75. The molecule has 1 amide bonds. The van der Waals surface area contributed by atoms with E-state index in [-0.39, 0.29) is 29.4 Å². The predicted molar refractivity (Wildman–Crippen MR) is 70.3 cm³/mol. The van der Waals surface area contributed by atoms with Crippen molar-refractivity contribution >= 4 is 21.7 Å². The highest BCUT2D eigenvalue weighted by Gasteiger charge is 2.32. The molecule has 1 unspecified atom stereocenters. The van der Waals surface area contributed by atoms with Crippen LogP contribution in [0.3, 0.4) is 0 Å². The molecule has 1 saturated heterocycles.